The van der Waals surface area contributed by atoms with E-state index < -0.39 is 0 Å². The lowest BCUT2D eigenvalue weighted by Gasteiger charge is -1.76. The van der Waals surface area contributed by atoms with Crippen LogP contribution in [0.3, 0.4) is 0 Å². The monoisotopic (exact) mass is 132 g/mol. The fourth-order valence-electron chi connectivity index (χ4n) is 0.383. The third kappa shape index (κ3) is 0.696. The second-order valence-corrected chi connectivity index (χ2v) is 1.70. The molecule has 1 aromatic heterocycles. The molecule has 4 nitrogen and oxygen atoms in total. The van der Waals surface area contributed by atoms with Crippen LogP contribution in [0.15, 0.2) is 0 Å². The van der Waals surface area contributed by atoms with Gasteiger partial charge in [0.2, 0.25) is 5.95 Å². The van der Waals surface area contributed by atoms with E-state index in [-0.39, 0.29) is 11.8 Å². The van der Waals surface area contributed by atoms with Crippen molar-refractivity contribution >= 4 is 23.4 Å². The highest BCUT2D eigenvalue weighted by Crippen LogP contribution is 2.14. The summed E-state index contributed by atoms with van der Waals surface area (Å²) in [6.07, 6.45) is 0. The molecule has 8 heavy (non-hydrogen) atoms. The Labute approximate surface area is 50.8 Å². The van der Waals surface area contributed by atoms with E-state index in [9.17, 15) is 0 Å². The first-order valence-corrected chi connectivity index (χ1v) is 2.34. The van der Waals surface area contributed by atoms with E-state index in [1.807, 2.05) is 0 Å². The first-order valence-electron chi connectivity index (χ1n) is 1.96. The maximum absolute atomic E-state index is 5.41. The largest absolute Gasteiger partial charge is 0.381 e. The fourth-order valence-corrected chi connectivity index (χ4v) is 0.522. The standard InChI is InChI=1S/C3H5ClN4/c4-1-2(5)8-3(6)7-1/h5H2,(H3,6,7,8). The Bertz CT molecular complexity index is 174. The number of nitrogens with zero attached hydrogens (tertiary/aromatic N) is 1. The molecule has 0 fully saturated rings. The molecule has 0 radical (unpaired) electrons. The number of nitrogen functional groups attached to an aromatic ring is 2. The van der Waals surface area contributed by atoms with E-state index in [0.29, 0.717) is 5.15 Å². The smallest absolute Gasteiger partial charge is 0.200 e. The van der Waals surface area contributed by atoms with Gasteiger partial charge in [-0.15, -0.1) is 0 Å². The van der Waals surface area contributed by atoms with Crippen molar-refractivity contribution in [2.75, 3.05) is 11.5 Å². The van der Waals surface area contributed by atoms with E-state index in [2.05, 4.69) is 9.97 Å². The SMILES string of the molecule is Nc1nc(N)c(Cl)[nH]1. The zero-order chi connectivity index (χ0) is 6.15. The summed E-state index contributed by atoms with van der Waals surface area (Å²) in [5.74, 6) is 0.483. The molecule has 1 aromatic rings. The molecule has 1 rings (SSSR count). The lowest BCUT2D eigenvalue weighted by Crippen LogP contribution is -1.87. The fraction of sp³-hybridized carbons (Fsp3) is 0. The Morgan fingerprint density at radius 1 is 1.50 bits per heavy atom. The minimum atomic E-state index is 0.240. The van der Waals surface area contributed by atoms with Crippen LogP contribution in [0, 0.1) is 0 Å². The maximum atomic E-state index is 5.41. The van der Waals surface area contributed by atoms with E-state index >= 15 is 0 Å². The maximum Gasteiger partial charge on any atom is 0.200 e. The molecule has 0 aliphatic carbocycles. The van der Waals surface area contributed by atoms with Gasteiger partial charge in [-0.3, -0.25) is 0 Å². The van der Waals surface area contributed by atoms with Gasteiger partial charge in [0.05, 0.1) is 0 Å². The lowest BCUT2D eigenvalue weighted by molar-refractivity contribution is 1.33. The van der Waals surface area contributed by atoms with E-state index in [0.717, 1.165) is 0 Å². The summed E-state index contributed by atoms with van der Waals surface area (Å²) in [5, 5.41) is 0.294. The summed E-state index contributed by atoms with van der Waals surface area (Å²) < 4.78 is 0. The lowest BCUT2D eigenvalue weighted by atomic mass is 10.8. The van der Waals surface area contributed by atoms with Crippen LogP contribution in [0.25, 0.3) is 0 Å². The highest BCUT2D eigenvalue weighted by molar-refractivity contribution is 6.31. The average molecular weight is 133 g/mol. The highest BCUT2D eigenvalue weighted by atomic mass is 35.5. The van der Waals surface area contributed by atoms with Crippen molar-refractivity contribution in [1.29, 1.82) is 0 Å². The molecule has 5 heteroatoms. The summed E-state index contributed by atoms with van der Waals surface area (Å²) in [6, 6.07) is 0. The van der Waals surface area contributed by atoms with Crippen LogP contribution in [0.5, 0.6) is 0 Å². The van der Waals surface area contributed by atoms with E-state index in [1.165, 1.54) is 0 Å². The normalized spacial score (nSPS) is 9.62. The number of nitrogens with one attached hydrogen (secondary N) is 1. The van der Waals surface area contributed by atoms with Crippen molar-refractivity contribution in [3.63, 3.8) is 0 Å². The van der Waals surface area contributed by atoms with Crippen molar-refractivity contribution in [3.8, 4) is 0 Å². The van der Waals surface area contributed by atoms with Crippen LogP contribution in [-0.4, -0.2) is 9.97 Å². The number of aromatic nitrogens is 2. The van der Waals surface area contributed by atoms with Gasteiger partial charge in [-0.1, -0.05) is 11.6 Å². The van der Waals surface area contributed by atoms with Crippen LogP contribution in [0.4, 0.5) is 11.8 Å². The molecule has 0 saturated heterocycles. The molecule has 0 saturated carbocycles. The Morgan fingerprint density at radius 3 is 2.25 bits per heavy atom. The molecule has 0 bridgehead atoms. The summed E-state index contributed by atoms with van der Waals surface area (Å²) in [4.78, 5) is 6.09. The number of imidazole rings is 1. The van der Waals surface area contributed by atoms with Crippen molar-refractivity contribution in [2.24, 2.45) is 0 Å². The molecule has 44 valence electrons. The number of hydrogen-bond donors (Lipinski definition) is 3. The average Bonchev–Trinajstić information content (AvgIpc) is 1.85. The summed E-state index contributed by atoms with van der Waals surface area (Å²) in [6.45, 7) is 0. The molecule has 0 spiro atoms. The number of aromatic amines is 1. The summed E-state index contributed by atoms with van der Waals surface area (Å²) in [5.41, 5.74) is 10.3. The number of H-pyrrole nitrogens is 1. The molecule has 0 aromatic carbocycles. The van der Waals surface area contributed by atoms with Crippen LogP contribution >= 0.6 is 11.6 Å². The van der Waals surface area contributed by atoms with E-state index in [4.69, 9.17) is 23.1 Å². The minimum absolute atomic E-state index is 0.240. The van der Waals surface area contributed by atoms with Crippen LogP contribution in [-0.2, 0) is 0 Å². The second-order valence-electron chi connectivity index (χ2n) is 1.32. The highest BCUT2D eigenvalue weighted by Gasteiger charge is 1.98. The quantitative estimate of drug-likeness (QED) is 0.473. The Balaban J connectivity index is 3.14. The van der Waals surface area contributed by atoms with Crippen LogP contribution in [0.1, 0.15) is 0 Å². The topological polar surface area (TPSA) is 80.7 Å². The van der Waals surface area contributed by atoms with Gasteiger partial charge in [0.15, 0.2) is 11.0 Å². The number of rotatable bonds is 0. The predicted molar refractivity (Wildman–Crippen MR) is 32.4 cm³/mol. The van der Waals surface area contributed by atoms with Gasteiger partial charge in [0, 0.05) is 0 Å². The van der Waals surface area contributed by atoms with Gasteiger partial charge in [-0.2, -0.15) is 4.98 Å². The Morgan fingerprint density at radius 2 is 2.12 bits per heavy atom. The summed E-state index contributed by atoms with van der Waals surface area (Å²) >= 11 is 5.41. The second kappa shape index (κ2) is 1.56. The molecule has 0 amide bonds. The number of hydrogen-bond acceptors (Lipinski definition) is 3. The van der Waals surface area contributed by atoms with Crippen molar-refractivity contribution < 1.29 is 0 Å². The Hall–Kier alpha value is -0.900. The van der Waals surface area contributed by atoms with Gasteiger partial charge in [-0.25, -0.2) is 0 Å². The molecule has 0 unspecified atom stereocenters. The van der Waals surface area contributed by atoms with Gasteiger partial charge in [0.25, 0.3) is 0 Å². The molecule has 1 heterocycles. The van der Waals surface area contributed by atoms with Crippen LogP contribution in [0.2, 0.25) is 5.15 Å². The van der Waals surface area contributed by atoms with Gasteiger partial charge in [0.1, 0.15) is 0 Å². The predicted octanol–water partition coefficient (Wildman–Crippen LogP) is 0.228. The van der Waals surface area contributed by atoms with Gasteiger partial charge in [-0.05, 0) is 0 Å². The number of anilines is 2. The molecule has 5 N–H and O–H groups in total. The third-order valence-electron chi connectivity index (χ3n) is 0.704. The third-order valence-corrected chi connectivity index (χ3v) is 0.992. The molecule has 0 aliphatic rings. The van der Waals surface area contributed by atoms with Gasteiger partial charge >= 0.3 is 0 Å². The summed E-state index contributed by atoms with van der Waals surface area (Å²) in [7, 11) is 0. The number of halogens is 1. The zero-order valence-electron chi connectivity index (χ0n) is 3.98. The Kier molecular flexibility index (Phi) is 1.02. The van der Waals surface area contributed by atoms with Gasteiger partial charge < -0.3 is 16.5 Å². The number of nitrogens with two attached hydrogens (primary N) is 2. The first-order chi connectivity index (χ1) is 3.70. The van der Waals surface area contributed by atoms with Crippen molar-refractivity contribution in [2.45, 2.75) is 0 Å². The van der Waals surface area contributed by atoms with Crippen molar-refractivity contribution in [3.05, 3.63) is 5.15 Å². The van der Waals surface area contributed by atoms with Crippen LogP contribution < -0.4 is 11.5 Å². The molecular formula is C3H5ClN4. The van der Waals surface area contributed by atoms with Crippen molar-refractivity contribution in [1.82, 2.24) is 9.97 Å². The first kappa shape index (κ1) is 5.24. The minimum Gasteiger partial charge on any atom is -0.381 e. The molecule has 0 atom stereocenters. The van der Waals surface area contributed by atoms with E-state index in [1.54, 1.807) is 0 Å². The molecular weight excluding hydrogens is 128 g/mol. The molecule has 0 aliphatic heterocycles. The zero-order valence-corrected chi connectivity index (χ0v) is 4.74.